The molecule has 0 aliphatic rings. The van der Waals surface area contributed by atoms with Crippen LogP contribution < -0.4 is 0 Å². The van der Waals surface area contributed by atoms with Gasteiger partial charge in [-0.25, -0.2) is 0 Å². The van der Waals surface area contributed by atoms with E-state index in [9.17, 15) is 0 Å². The highest BCUT2D eigenvalue weighted by Crippen LogP contribution is 2.09. The Labute approximate surface area is 128 Å². The summed E-state index contributed by atoms with van der Waals surface area (Å²) in [5.41, 5.74) is 0. The zero-order valence-electron chi connectivity index (χ0n) is 14.5. The Balaban J connectivity index is 3.10. The number of hydrogen-bond donors (Lipinski definition) is 0. The maximum atomic E-state index is 2.51. The minimum absolute atomic E-state index is 1.19. The van der Waals surface area contributed by atoms with Crippen LogP contribution in [0.4, 0.5) is 0 Å². The van der Waals surface area contributed by atoms with E-state index in [4.69, 9.17) is 0 Å². The Morgan fingerprint density at radius 1 is 0.650 bits per heavy atom. The zero-order chi connectivity index (χ0) is 14.9. The fourth-order valence-corrected chi connectivity index (χ4v) is 2.56. The molecule has 0 unspecified atom stereocenters. The van der Waals surface area contributed by atoms with Crippen LogP contribution in [0.1, 0.15) is 90.9 Å². The Kier molecular flexibility index (Phi) is 16.5. The third-order valence-electron chi connectivity index (χ3n) is 3.96. The van der Waals surface area contributed by atoms with Crippen molar-refractivity contribution >= 4 is 0 Å². The maximum absolute atomic E-state index is 2.51. The van der Waals surface area contributed by atoms with Crippen LogP contribution in [0.2, 0.25) is 0 Å². The molecular formula is C19H39N. The third-order valence-corrected chi connectivity index (χ3v) is 3.96. The molecule has 0 aromatic rings. The van der Waals surface area contributed by atoms with Crippen molar-refractivity contribution in [1.29, 1.82) is 0 Å². The summed E-state index contributed by atoms with van der Waals surface area (Å²) in [6, 6.07) is 0. The first kappa shape index (κ1) is 19.7. The summed E-state index contributed by atoms with van der Waals surface area (Å²) in [6.07, 6.45) is 21.1. The lowest BCUT2D eigenvalue weighted by Gasteiger charge is -2.15. The second-order valence-corrected chi connectivity index (χ2v) is 6.15. The number of rotatable bonds is 15. The van der Waals surface area contributed by atoms with Gasteiger partial charge >= 0.3 is 0 Å². The molecule has 0 fully saturated rings. The summed E-state index contributed by atoms with van der Waals surface area (Å²) in [4.78, 5) is 2.51. The van der Waals surface area contributed by atoms with Crippen LogP contribution in [0.25, 0.3) is 0 Å². The van der Waals surface area contributed by atoms with Gasteiger partial charge in [-0.2, -0.15) is 0 Å². The minimum atomic E-state index is 1.19. The standard InChI is InChI=1S/C19H39N/c1-4-6-8-9-10-11-12-13-14-15-17-19-20(3)18-16-7-5-2/h6,8H,4-5,7,9-19H2,1-3H3/b8-6-. The monoisotopic (exact) mass is 281 g/mol. The average Bonchev–Trinajstić information content (AvgIpc) is 2.45. The maximum Gasteiger partial charge on any atom is -0.00218 e. The Morgan fingerprint density at radius 3 is 1.80 bits per heavy atom. The van der Waals surface area contributed by atoms with Gasteiger partial charge in [0.15, 0.2) is 0 Å². The van der Waals surface area contributed by atoms with Crippen molar-refractivity contribution in [2.24, 2.45) is 0 Å². The molecule has 0 heterocycles. The fourth-order valence-electron chi connectivity index (χ4n) is 2.56. The van der Waals surface area contributed by atoms with Crippen LogP contribution in [0.5, 0.6) is 0 Å². The lowest BCUT2D eigenvalue weighted by Crippen LogP contribution is -2.20. The summed E-state index contributed by atoms with van der Waals surface area (Å²) < 4.78 is 0. The van der Waals surface area contributed by atoms with Crippen molar-refractivity contribution in [3.05, 3.63) is 12.2 Å². The van der Waals surface area contributed by atoms with Crippen LogP contribution in [-0.2, 0) is 0 Å². The largest absolute Gasteiger partial charge is 0.306 e. The van der Waals surface area contributed by atoms with Crippen molar-refractivity contribution in [1.82, 2.24) is 4.90 Å². The van der Waals surface area contributed by atoms with E-state index in [1.807, 2.05) is 0 Å². The van der Waals surface area contributed by atoms with Crippen LogP contribution in [0.15, 0.2) is 12.2 Å². The SMILES string of the molecule is CC/C=C\CCCCCCCCCN(C)CCCCC. The van der Waals surface area contributed by atoms with Gasteiger partial charge in [0, 0.05) is 0 Å². The Bertz CT molecular complexity index is 198. The molecule has 0 aromatic heterocycles. The van der Waals surface area contributed by atoms with E-state index < -0.39 is 0 Å². The molecule has 120 valence electrons. The molecule has 1 nitrogen and oxygen atoms in total. The second-order valence-electron chi connectivity index (χ2n) is 6.15. The molecular weight excluding hydrogens is 242 g/mol. The van der Waals surface area contributed by atoms with Crippen LogP contribution in [-0.4, -0.2) is 25.0 Å². The van der Waals surface area contributed by atoms with Gasteiger partial charge in [-0.3, -0.25) is 0 Å². The van der Waals surface area contributed by atoms with Crippen molar-refractivity contribution < 1.29 is 0 Å². The molecule has 0 N–H and O–H groups in total. The molecule has 0 atom stereocenters. The van der Waals surface area contributed by atoms with Gasteiger partial charge in [0.2, 0.25) is 0 Å². The predicted octanol–water partition coefficient (Wildman–Crippen LogP) is 6.20. The molecule has 0 spiro atoms. The van der Waals surface area contributed by atoms with Crippen molar-refractivity contribution in [2.45, 2.75) is 90.9 Å². The average molecular weight is 282 g/mol. The van der Waals surface area contributed by atoms with Crippen LogP contribution in [0.3, 0.4) is 0 Å². The predicted molar refractivity (Wildman–Crippen MR) is 93.4 cm³/mol. The first-order valence-electron chi connectivity index (χ1n) is 9.14. The summed E-state index contributed by atoms with van der Waals surface area (Å²) in [7, 11) is 2.28. The van der Waals surface area contributed by atoms with E-state index in [-0.39, 0.29) is 0 Å². The first-order chi connectivity index (χ1) is 9.81. The molecule has 1 heteroatoms. The highest BCUT2D eigenvalue weighted by molar-refractivity contribution is 4.79. The normalized spacial score (nSPS) is 11.8. The number of allylic oxidation sites excluding steroid dienone is 2. The molecule has 0 radical (unpaired) electrons. The van der Waals surface area contributed by atoms with Gasteiger partial charge in [-0.15, -0.1) is 0 Å². The van der Waals surface area contributed by atoms with Crippen LogP contribution >= 0.6 is 0 Å². The molecule has 20 heavy (non-hydrogen) atoms. The van der Waals surface area contributed by atoms with Crippen molar-refractivity contribution in [3.63, 3.8) is 0 Å². The lowest BCUT2D eigenvalue weighted by molar-refractivity contribution is 0.315. The number of nitrogens with zero attached hydrogens (tertiary/aromatic N) is 1. The van der Waals surface area contributed by atoms with Gasteiger partial charge in [0.25, 0.3) is 0 Å². The van der Waals surface area contributed by atoms with Crippen molar-refractivity contribution in [3.8, 4) is 0 Å². The van der Waals surface area contributed by atoms with E-state index >= 15 is 0 Å². The zero-order valence-corrected chi connectivity index (χ0v) is 14.5. The molecule has 0 saturated heterocycles. The Hall–Kier alpha value is -0.300. The lowest BCUT2D eigenvalue weighted by atomic mass is 10.1. The Morgan fingerprint density at radius 2 is 1.20 bits per heavy atom. The minimum Gasteiger partial charge on any atom is -0.306 e. The van der Waals surface area contributed by atoms with E-state index in [0.29, 0.717) is 0 Å². The van der Waals surface area contributed by atoms with E-state index in [2.05, 4.69) is 37.9 Å². The smallest absolute Gasteiger partial charge is 0.00218 e. The fraction of sp³-hybridized carbons (Fsp3) is 0.895. The van der Waals surface area contributed by atoms with Gasteiger partial charge in [-0.05, 0) is 52.2 Å². The third kappa shape index (κ3) is 15.8. The molecule has 0 aliphatic heterocycles. The van der Waals surface area contributed by atoms with Gasteiger partial charge < -0.3 is 4.90 Å². The molecule has 0 rings (SSSR count). The highest BCUT2D eigenvalue weighted by atomic mass is 15.1. The van der Waals surface area contributed by atoms with E-state index in [0.717, 1.165) is 0 Å². The summed E-state index contributed by atoms with van der Waals surface area (Å²) in [5.74, 6) is 0. The molecule has 0 amide bonds. The topological polar surface area (TPSA) is 3.24 Å². The molecule has 0 aliphatic carbocycles. The molecule has 0 saturated carbocycles. The second kappa shape index (κ2) is 16.8. The molecule has 0 bridgehead atoms. The molecule has 0 aromatic carbocycles. The summed E-state index contributed by atoms with van der Waals surface area (Å²) >= 11 is 0. The highest BCUT2D eigenvalue weighted by Gasteiger charge is 1.97. The van der Waals surface area contributed by atoms with Crippen LogP contribution in [0, 0.1) is 0 Å². The number of hydrogen-bond acceptors (Lipinski definition) is 1. The number of unbranched alkanes of at least 4 members (excludes halogenated alkanes) is 9. The first-order valence-corrected chi connectivity index (χ1v) is 9.14. The van der Waals surface area contributed by atoms with Gasteiger partial charge in [0.1, 0.15) is 0 Å². The van der Waals surface area contributed by atoms with Crippen molar-refractivity contribution in [2.75, 3.05) is 20.1 Å². The van der Waals surface area contributed by atoms with Gasteiger partial charge in [0.05, 0.1) is 0 Å². The summed E-state index contributed by atoms with van der Waals surface area (Å²) in [6.45, 7) is 7.07. The quantitative estimate of drug-likeness (QED) is 0.255. The van der Waals surface area contributed by atoms with E-state index in [1.165, 1.54) is 90.1 Å². The van der Waals surface area contributed by atoms with Gasteiger partial charge in [-0.1, -0.05) is 70.9 Å². The summed E-state index contributed by atoms with van der Waals surface area (Å²) in [5, 5.41) is 0. The van der Waals surface area contributed by atoms with E-state index in [1.54, 1.807) is 0 Å².